The van der Waals surface area contributed by atoms with Crippen molar-refractivity contribution in [3.8, 4) is 0 Å². The van der Waals surface area contributed by atoms with Crippen molar-refractivity contribution in [2.45, 2.75) is 0 Å². The van der Waals surface area contributed by atoms with Crippen molar-refractivity contribution in [3.05, 3.63) is 51.7 Å². The van der Waals surface area contributed by atoms with Crippen molar-refractivity contribution in [3.63, 3.8) is 0 Å². The Balaban J connectivity index is 1.92. The zero-order valence-corrected chi connectivity index (χ0v) is 13.0. The summed E-state index contributed by atoms with van der Waals surface area (Å²) < 4.78 is 1.22. The van der Waals surface area contributed by atoms with E-state index in [0.717, 1.165) is 39.1 Å². The molecule has 20 heavy (non-hydrogen) atoms. The van der Waals surface area contributed by atoms with E-state index in [1.807, 2.05) is 6.08 Å². The third-order valence-electron chi connectivity index (χ3n) is 3.49. The van der Waals surface area contributed by atoms with E-state index in [0.29, 0.717) is 0 Å². The molecule has 0 spiro atoms. The molecule has 0 saturated heterocycles. The first-order valence-corrected chi connectivity index (χ1v) is 8.39. The molecule has 0 fully saturated rings. The molecule has 100 valence electrons. The van der Waals surface area contributed by atoms with Crippen LogP contribution in [0.4, 0.5) is 0 Å². The summed E-state index contributed by atoms with van der Waals surface area (Å²) in [4.78, 5) is 7.97. The maximum Gasteiger partial charge on any atom is 0.168 e. The Bertz CT molecular complexity index is 788. The van der Waals surface area contributed by atoms with E-state index in [1.54, 1.807) is 23.1 Å². The number of thiophene rings is 1. The van der Waals surface area contributed by atoms with Crippen LogP contribution in [0.3, 0.4) is 0 Å². The minimum atomic E-state index is 0.809. The molecule has 0 bridgehead atoms. The SMILES string of the molecule is C=CC1=C(c2cc(Cl)c3ccsc3c2)N2CCN=C2S1. The molecule has 1 aromatic heterocycles. The van der Waals surface area contributed by atoms with Crippen LogP contribution in [-0.2, 0) is 0 Å². The number of halogens is 1. The van der Waals surface area contributed by atoms with Crippen LogP contribution in [-0.4, -0.2) is 23.2 Å². The Morgan fingerprint density at radius 3 is 3.15 bits per heavy atom. The van der Waals surface area contributed by atoms with Gasteiger partial charge >= 0.3 is 0 Å². The van der Waals surface area contributed by atoms with Gasteiger partial charge in [-0.15, -0.1) is 11.3 Å². The number of fused-ring (bicyclic) bond motifs is 2. The number of benzene rings is 1. The molecular formula is C15H11ClN2S2. The third kappa shape index (κ3) is 1.75. The highest BCUT2D eigenvalue weighted by molar-refractivity contribution is 8.17. The van der Waals surface area contributed by atoms with E-state index in [-0.39, 0.29) is 0 Å². The van der Waals surface area contributed by atoms with E-state index >= 15 is 0 Å². The smallest absolute Gasteiger partial charge is 0.168 e. The number of rotatable bonds is 2. The molecule has 0 radical (unpaired) electrons. The van der Waals surface area contributed by atoms with Gasteiger partial charge in [-0.1, -0.05) is 24.3 Å². The monoisotopic (exact) mass is 318 g/mol. The van der Waals surface area contributed by atoms with Gasteiger partial charge in [-0.25, -0.2) is 0 Å². The number of hydrogen-bond acceptors (Lipinski definition) is 4. The van der Waals surface area contributed by atoms with Crippen LogP contribution in [0.2, 0.25) is 5.02 Å². The van der Waals surface area contributed by atoms with Gasteiger partial charge in [0.2, 0.25) is 0 Å². The number of amidine groups is 1. The fourth-order valence-electron chi connectivity index (χ4n) is 2.60. The van der Waals surface area contributed by atoms with Crippen LogP contribution in [0, 0.1) is 0 Å². The number of hydrogen-bond donors (Lipinski definition) is 0. The van der Waals surface area contributed by atoms with Crippen LogP contribution < -0.4 is 0 Å². The lowest BCUT2D eigenvalue weighted by Gasteiger charge is -2.17. The second kappa shape index (κ2) is 4.65. The number of aliphatic imine (C=N–C) groups is 1. The molecule has 0 N–H and O–H groups in total. The summed E-state index contributed by atoms with van der Waals surface area (Å²) in [6, 6.07) is 6.34. The fourth-order valence-corrected chi connectivity index (χ4v) is 4.84. The Kier molecular flexibility index (Phi) is 2.91. The minimum Gasteiger partial charge on any atom is -0.317 e. The summed E-state index contributed by atoms with van der Waals surface area (Å²) in [6.07, 6.45) is 1.91. The van der Waals surface area contributed by atoms with Crippen molar-refractivity contribution >= 4 is 55.7 Å². The molecule has 0 amide bonds. The summed E-state index contributed by atoms with van der Waals surface area (Å²) in [5.74, 6) is 0. The molecule has 0 saturated carbocycles. The van der Waals surface area contributed by atoms with Crippen molar-refractivity contribution < 1.29 is 0 Å². The van der Waals surface area contributed by atoms with Gasteiger partial charge in [0.05, 0.1) is 12.2 Å². The van der Waals surface area contributed by atoms with Gasteiger partial charge in [0.15, 0.2) is 5.17 Å². The Morgan fingerprint density at radius 2 is 2.30 bits per heavy atom. The van der Waals surface area contributed by atoms with Gasteiger partial charge in [-0.2, -0.15) is 0 Å². The first kappa shape index (κ1) is 12.5. The molecule has 1 aromatic carbocycles. The van der Waals surface area contributed by atoms with Crippen LogP contribution in [0.1, 0.15) is 5.56 Å². The highest BCUT2D eigenvalue weighted by Crippen LogP contribution is 2.43. The second-order valence-corrected chi connectivity index (χ2v) is 6.99. The van der Waals surface area contributed by atoms with Crippen LogP contribution >= 0.6 is 34.7 Å². The third-order valence-corrected chi connectivity index (χ3v) is 5.77. The second-order valence-electron chi connectivity index (χ2n) is 4.63. The molecule has 2 nitrogen and oxygen atoms in total. The van der Waals surface area contributed by atoms with Gasteiger partial charge in [-0.3, -0.25) is 4.99 Å². The standard InChI is InChI=1S/C15H11ClN2S2/c1-2-12-14(18-5-4-17-15(18)20-12)9-7-11(16)10-3-6-19-13(10)8-9/h2-3,6-8H,1,4-5H2. The van der Waals surface area contributed by atoms with E-state index in [9.17, 15) is 0 Å². The summed E-state index contributed by atoms with van der Waals surface area (Å²) in [5.41, 5.74) is 2.35. The van der Waals surface area contributed by atoms with Gasteiger partial charge in [-0.05, 0) is 35.3 Å². The van der Waals surface area contributed by atoms with E-state index < -0.39 is 0 Å². The molecule has 5 heteroatoms. The van der Waals surface area contributed by atoms with Gasteiger partial charge in [0.1, 0.15) is 0 Å². The summed E-state index contributed by atoms with van der Waals surface area (Å²) in [7, 11) is 0. The molecule has 4 rings (SSSR count). The minimum absolute atomic E-state index is 0.809. The largest absolute Gasteiger partial charge is 0.317 e. The summed E-state index contributed by atoms with van der Waals surface area (Å²) >= 11 is 9.83. The highest BCUT2D eigenvalue weighted by Gasteiger charge is 2.32. The first-order valence-electron chi connectivity index (χ1n) is 6.31. The number of nitrogens with zero attached hydrogens (tertiary/aromatic N) is 2. The molecule has 0 atom stereocenters. The zero-order valence-electron chi connectivity index (χ0n) is 10.6. The van der Waals surface area contributed by atoms with Gasteiger partial charge in [0.25, 0.3) is 0 Å². The van der Waals surface area contributed by atoms with Crippen molar-refractivity contribution in [1.29, 1.82) is 0 Å². The number of allylic oxidation sites excluding steroid dienone is 1. The number of thioether (sulfide) groups is 1. The summed E-state index contributed by atoms with van der Waals surface area (Å²) in [6.45, 7) is 5.74. The molecular weight excluding hydrogens is 308 g/mol. The molecule has 2 aliphatic rings. The van der Waals surface area contributed by atoms with Gasteiger partial charge < -0.3 is 4.90 Å². The van der Waals surface area contributed by atoms with Gasteiger partial charge in [0, 0.05) is 32.1 Å². The first-order chi connectivity index (χ1) is 9.78. The van der Waals surface area contributed by atoms with Crippen molar-refractivity contribution in [2.75, 3.05) is 13.1 Å². The Hall–Kier alpha value is -1.23. The Morgan fingerprint density at radius 1 is 1.40 bits per heavy atom. The van der Waals surface area contributed by atoms with Crippen LogP contribution in [0.15, 0.2) is 46.1 Å². The lowest BCUT2D eigenvalue weighted by Crippen LogP contribution is -2.19. The topological polar surface area (TPSA) is 15.6 Å². The molecule has 0 aliphatic carbocycles. The normalized spacial score (nSPS) is 17.9. The summed E-state index contributed by atoms with van der Waals surface area (Å²) in [5, 5.41) is 5.10. The molecule has 2 aliphatic heterocycles. The molecule has 0 unspecified atom stereocenters. The molecule has 3 heterocycles. The maximum absolute atomic E-state index is 6.42. The fraction of sp³-hybridized carbons (Fsp3) is 0.133. The zero-order chi connectivity index (χ0) is 13.7. The average molecular weight is 319 g/mol. The maximum atomic E-state index is 6.42. The van der Waals surface area contributed by atoms with Crippen molar-refractivity contribution in [1.82, 2.24) is 4.90 Å². The van der Waals surface area contributed by atoms with E-state index in [4.69, 9.17) is 11.6 Å². The highest BCUT2D eigenvalue weighted by atomic mass is 35.5. The predicted octanol–water partition coefficient (Wildman–Crippen LogP) is 4.83. The van der Waals surface area contributed by atoms with Crippen LogP contribution in [0.25, 0.3) is 15.8 Å². The van der Waals surface area contributed by atoms with Crippen LogP contribution in [0.5, 0.6) is 0 Å². The quantitative estimate of drug-likeness (QED) is 0.788. The lowest BCUT2D eigenvalue weighted by atomic mass is 10.1. The lowest BCUT2D eigenvalue weighted by molar-refractivity contribution is 0.648. The van der Waals surface area contributed by atoms with E-state index in [1.165, 1.54) is 10.4 Å². The Labute approximate surface area is 130 Å². The average Bonchev–Trinajstić information content (AvgIpc) is 3.12. The van der Waals surface area contributed by atoms with Crippen molar-refractivity contribution in [2.24, 2.45) is 4.99 Å². The van der Waals surface area contributed by atoms with E-state index in [2.05, 4.69) is 40.1 Å². The predicted molar refractivity (Wildman–Crippen MR) is 90.6 cm³/mol. The molecule has 2 aromatic rings.